The summed E-state index contributed by atoms with van der Waals surface area (Å²) in [6, 6.07) is 7.80. The van der Waals surface area contributed by atoms with Crippen LogP contribution in [0.5, 0.6) is 5.75 Å². The summed E-state index contributed by atoms with van der Waals surface area (Å²) in [7, 11) is 0. The van der Waals surface area contributed by atoms with Gasteiger partial charge in [0.1, 0.15) is 17.7 Å². The predicted molar refractivity (Wildman–Crippen MR) is 96.5 cm³/mol. The molecule has 1 saturated heterocycles. The van der Waals surface area contributed by atoms with E-state index >= 15 is 0 Å². The minimum Gasteiger partial charge on any atom is -0.484 e. The number of nitrogens with zero attached hydrogens (tertiary/aromatic N) is 4. The number of likely N-dealkylation sites (tertiary alicyclic amines) is 1. The Kier molecular flexibility index (Phi) is 4.84. The molecule has 0 bridgehead atoms. The molecule has 1 unspecified atom stereocenters. The molecule has 6 nitrogen and oxygen atoms in total. The zero-order chi connectivity index (χ0) is 20.5. The molecule has 0 aromatic heterocycles. The second-order valence-corrected chi connectivity index (χ2v) is 6.78. The minimum absolute atomic E-state index is 0.0477. The van der Waals surface area contributed by atoms with Crippen molar-refractivity contribution in [3.8, 4) is 11.8 Å². The van der Waals surface area contributed by atoms with E-state index in [0.29, 0.717) is 12.0 Å². The van der Waals surface area contributed by atoms with Gasteiger partial charge in [-0.1, -0.05) is 0 Å². The number of nitriles is 1. The molecule has 1 atom stereocenters. The maximum Gasteiger partial charge on any atom is 0.341 e. The summed E-state index contributed by atoms with van der Waals surface area (Å²) in [6.45, 7) is 0.399. The first kappa shape index (κ1) is 18.8. The molecule has 2 heterocycles. The molecule has 0 N–H and O–H groups in total. The van der Waals surface area contributed by atoms with Gasteiger partial charge in [-0.15, -0.1) is 0 Å². The number of hydrogen-bond acceptors (Lipinski definition) is 4. The topological polar surface area (TPSA) is 68.9 Å². The Bertz CT molecular complexity index is 1010. The molecule has 4 rings (SSSR count). The van der Waals surface area contributed by atoms with Gasteiger partial charge in [0.2, 0.25) is 0 Å². The van der Waals surface area contributed by atoms with Crippen LogP contribution in [0.25, 0.3) is 0 Å². The Morgan fingerprint density at radius 2 is 1.86 bits per heavy atom. The van der Waals surface area contributed by atoms with Crippen molar-refractivity contribution in [2.24, 2.45) is 5.10 Å². The average Bonchev–Trinajstić information content (AvgIpc) is 3.14. The quantitative estimate of drug-likeness (QED) is 0.791. The van der Waals surface area contributed by atoms with Crippen molar-refractivity contribution >= 4 is 12.2 Å². The van der Waals surface area contributed by atoms with E-state index in [1.165, 1.54) is 40.4 Å². The standard InChI is InChI=1S/C20H15F3N4O2/c21-14-6-13(7-15(22)8-14)18-3-4-25-27(18)20(28)26-10-16(11-26)29-19-5-12(9-24)1-2-17(19)23/h1-2,4-8,16,18H,3,10-11H2. The normalized spacial score (nSPS) is 18.5. The van der Waals surface area contributed by atoms with Crippen LogP contribution in [0, 0.1) is 28.8 Å². The highest BCUT2D eigenvalue weighted by Gasteiger charge is 2.39. The van der Waals surface area contributed by atoms with Gasteiger partial charge in [-0.2, -0.15) is 10.4 Å². The lowest BCUT2D eigenvalue weighted by molar-refractivity contribution is 0.0257. The van der Waals surface area contributed by atoms with Gasteiger partial charge in [-0.25, -0.2) is 23.0 Å². The molecule has 2 amide bonds. The molecule has 9 heteroatoms. The molecule has 0 spiro atoms. The van der Waals surface area contributed by atoms with E-state index in [4.69, 9.17) is 10.00 Å². The van der Waals surface area contributed by atoms with Crippen LogP contribution in [0.4, 0.5) is 18.0 Å². The van der Waals surface area contributed by atoms with Crippen LogP contribution >= 0.6 is 0 Å². The summed E-state index contributed by atoms with van der Waals surface area (Å²) in [5.74, 6) is -2.09. The van der Waals surface area contributed by atoms with Crippen LogP contribution in [0.1, 0.15) is 23.6 Å². The van der Waals surface area contributed by atoms with Gasteiger partial charge in [-0.05, 0) is 29.8 Å². The van der Waals surface area contributed by atoms with E-state index < -0.39 is 35.6 Å². The third-order valence-corrected chi connectivity index (χ3v) is 4.77. The van der Waals surface area contributed by atoms with Gasteiger partial charge in [0, 0.05) is 24.8 Å². The number of carbonyl (C=O) groups is 1. The number of halogens is 3. The molecule has 29 heavy (non-hydrogen) atoms. The lowest BCUT2D eigenvalue weighted by Crippen LogP contribution is -2.58. The Morgan fingerprint density at radius 1 is 1.14 bits per heavy atom. The van der Waals surface area contributed by atoms with Crippen molar-refractivity contribution in [3.05, 3.63) is 65.0 Å². The number of hydrazone groups is 1. The molecule has 148 valence electrons. The fourth-order valence-corrected chi connectivity index (χ4v) is 3.30. The molecule has 1 fully saturated rings. The van der Waals surface area contributed by atoms with E-state index in [0.717, 1.165) is 12.1 Å². The Labute approximate surface area is 164 Å². The summed E-state index contributed by atoms with van der Waals surface area (Å²) < 4.78 is 46.4. The summed E-state index contributed by atoms with van der Waals surface area (Å²) in [5.41, 5.74) is 0.585. The number of hydrogen-bond donors (Lipinski definition) is 0. The van der Waals surface area contributed by atoms with Gasteiger partial charge in [-0.3, -0.25) is 0 Å². The predicted octanol–water partition coefficient (Wildman–Crippen LogP) is 3.59. The first-order valence-electron chi connectivity index (χ1n) is 8.87. The van der Waals surface area contributed by atoms with Gasteiger partial charge in [0.15, 0.2) is 11.6 Å². The average molecular weight is 400 g/mol. The van der Waals surface area contributed by atoms with E-state index in [1.54, 1.807) is 0 Å². The zero-order valence-corrected chi connectivity index (χ0v) is 15.1. The van der Waals surface area contributed by atoms with Crippen LogP contribution in [-0.4, -0.2) is 41.3 Å². The fraction of sp³-hybridized carbons (Fsp3) is 0.250. The highest BCUT2D eigenvalue weighted by atomic mass is 19.1. The van der Waals surface area contributed by atoms with Crippen LogP contribution in [-0.2, 0) is 0 Å². The van der Waals surface area contributed by atoms with Crippen molar-refractivity contribution in [2.45, 2.75) is 18.6 Å². The second kappa shape index (κ2) is 7.47. The molecule has 2 aliphatic heterocycles. The third kappa shape index (κ3) is 3.74. The number of amides is 2. The second-order valence-electron chi connectivity index (χ2n) is 6.78. The SMILES string of the molecule is N#Cc1ccc(F)c(OC2CN(C(=O)N3N=CCC3c3cc(F)cc(F)c3)C2)c1. The Hall–Kier alpha value is -3.54. The monoisotopic (exact) mass is 400 g/mol. The van der Waals surface area contributed by atoms with Crippen LogP contribution < -0.4 is 4.74 Å². The van der Waals surface area contributed by atoms with E-state index in [-0.39, 0.29) is 24.4 Å². The lowest BCUT2D eigenvalue weighted by Gasteiger charge is -2.41. The van der Waals surface area contributed by atoms with Gasteiger partial charge in [0.05, 0.1) is 30.8 Å². The van der Waals surface area contributed by atoms with Crippen molar-refractivity contribution < 1.29 is 22.7 Å². The highest BCUT2D eigenvalue weighted by molar-refractivity contribution is 5.79. The molecule has 0 saturated carbocycles. The van der Waals surface area contributed by atoms with Crippen LogP contribution in [0.2, 0.25) is 0 Å². The summed E-state index contributed by atoms with van der Waals surface area (Å²) >= 11 is 0. The first-order valence-corrected chi connectivity index (χ1v) is 8.87. The molecule has 2 aliphatic rings. The largest absolute Gasteiger partial charge is 0.484 e. The molecular weight excluding hydrogens is 385 g/mol. The molecule has 2 aromatic rings. The summed E-state index contributed by atoms with van der Waals surface area (Å²) in [4.78, 5) is 14.2. The van der Waals surface area contributed by atoms with Gasteiger partial charge in [0.25, 0.3) is 0 Å². The van der Waals surface area contributed by atoms with Gasteiger partial charge >= 0.3 is 6.03 Å². The molecule has 2 aromatic carbocycles. The number of benzene rings is 2. The molecule has 0 aliphatic carbocycles. The number of rotatable bonds is 3. The number of carbonyl (C=O) groups excluding carboxylic acids is 1. The van der Waals surface area contributed by atoms with E-state index in [2.05, 4.69) is 5.10 Å². The van der Waals surface area contributed by atoms with Crippen molar-refractivity contribution in [1.82, 2.24) is 9.91 Å². The van der Waals surface area contributed by atoms with Crippen LogP contribution in [0.15, 0.2) is 41.5 Å². The summed E-state index contributed by atoms with van der Waals surface area (Å²) in [5, 5.41) is 14.1. The van der Waals surface area contributed by atoms with E-state index in [1.807, 2.05) is 6.07 Å². The van der Waals surface area contributed by atoms with Gasteiger partial charge < -0.3 is 9.64 Å². The minimum atomic E-state index is -0.724. The van der Waals surface area contributed by atoms with Crippen molar-refractivity contribution in [1.29, 1.82) is 5.26 Å². The first-order chi connectivity index (χ1) is 13.9. The fourth-order valence-electron chi connectivity index (χ4n) is 3.30. The molecular formula is C20H15F3N4O2. The highest BCUT2D eigenvalue weighted by Crippen LogP contribution is 2.32. The van der Waals surface area contributed by atoms with Crippen LogP contribution in [0.3, 0.4) is 0 Å². The maximum absolute atomic E-state index is 13.8. The van der Waals surface area contributed by atoms with E-state index in [9.17, 15) is 18.0 Å². The van der Waals surface area contributed by atoms with Crippen molar-refractivity contribution in [2.75, 3.05) is 13.1 Å². The van der Waals surface area contributed by atoms with Crippen molar-refractivity contribution in [3.63, 3.8) is 0 Å². The third-order valence-electron chi connectivity index (χ3n) is 4.77. The lowest BCUT2D eigenvalue weighted by atomic mass is 10.0. The Morgan fingerprint density at radius 3 is 2.55 bits per heavy atom. The zero-order valence-electron chi connectivity index (χ0n) is 15.1. The number of urea groups is 1. The molecule has 0 radical (unpaired) electrons. The smallest absolute Gasteiger partial charge is 0.341 e. The Balaban J connectivity index is 1.40. The number of ether oxygens (including phenoxy) is 1. The summed E-state index contributed by atoms with van der Waals surface area (Å²) in [6.07, 6.45) is 1.43. The maximum atomic E-state index is 13.8.